The summed E-state index contributed by atoms with van der Waals surface area (Å²) >= 11 is 12.1. The molecule has 1 heterocycles. The van der Waals surface area contributed by atoms with E-state index in [0.717, 1.165) is 22.0 Å². The molecular formula is C23H17Cl2NO3. The first-order valence-corrected chi connectivity index (χ1v) is 9.75. The van der Waals surface area contributed by atoms with Crippen molar-refractivity contribution >= 4 is 40.1 Å². The summed E-state index contributed by atoms with van der Waals surface area (Å²) in [6.07, 6.45) is 1.90. The molecule has 0 aliphatic carbocycles. The maximum absolute atomic E-state index is 11.2. The molecule has 0 saturated carbocycles. The minimum Gasteiger partial charge on any atom is -0.481 e. The Morgan fingerprint density at radius 2 is 1.69 bits per heavy atom. The molecule has 29 heavy (non-hydrogen) atoms. The van der Waals surface area contributed by atoms with E-state index in [1.54, 1.807) is 18.2 Å². The number of hydrogen-bond acceptors (Lipinski definition) is 2. The summed E-state index contributed by atoms with van der Waals surface area (Å²) in [6.45, 7) is 0.591. The van der Waals surface area contributed by atoms with Crippen LogP contribution < -0.4 is 4.74 Å². The van der Waals surface area contributed by atoms with E-state index in [0.29, 0.717) is 28.1 Å². The van der Waals surface area contributed by atoms with E-state index >= 15 is 0 Å². The summed E-state index contributed by atoms with van der Waals surface area (Å²) in [5.41, 5.74) is 2.82. The lowest BCUT2D eigenvalue weighted by atomic mass is 10.1. The second-order valence-corrected chi connectivity index (χ2v) is 7.60. The standard InChI is InChI=1S/C23H17Cl2NO3/c24-17-10-18(25)12-20(11-17)29-19-5-3-4-15(8-19)13-26-14-16(9-23(27)28)21-6-1-2-7-22(21)26/h1-8,10-12,14H,9,13H2,(H,27,28). The maximum atomic E-state index is 11.2. The van der Waals surface area contributed by atoms with Crippen molar-refractivity contribution in [1.29, 1.82) is 0 Å². The lowest BCUT2D eigenvalue weighted by Gasteiger charge is -2.10. The highest BCUT2D eigenvalue weighted by atomic mass is 35.5. The van der Waals surface area contributed by atoms with Crippen LogP contribution in [0.3, 0.4) is 0 Å². The van der Waals surface area contributed by atoms with E-state index in [2.05, 4.69) is 4.57 Å². The number of aliphatic carboxylic acids is 1. The Hall–Kier alpha value is -2.95. The molecule has 0 fully saturated rings. The lowest BCUT2D eigenvalue weighted by molar-refractivity contribution is -0.136. The number of benzene rings is 3. The molecule has 0 aliphatic heterocycles. The molecule has 4 rings (SSSR count). The van der Waals surface area contributed by atoms with Crippen molar-refractivity contribution in [3.05, 3.63) is 94.1 Å². The Morgan fingerprint density at radius 1 is 0.931 bits per heavy atom. The monoisotopic (exact) mass is 425 g/mol. The Labute approximate surface area is 177 Å². The largest absolute Gasteiger partial charge is 0.481 e. The minimum atomic E-state index is -0.844. The van der Waals surface area contributed by atoms with Gasteiger partial charge >= 0.3 is 5.97 Å². The van der Waals surface area contributed by atoms with Crippen LogP contribution in [0.2, 0.25) is 10.0 Å². The fraction of sp³-hybridized carbons (Fsp3) is 0.0870. The molecule has 4 nitrogen and oxygen atoms in total. The number of halogens is 2. The average molecular weight is 426 g/mol. The Morgan fingerprint density at radius 3 is 2.45 bits per heavy atom. The fourth-order valence-electron chi connectivity index (χ4n) is 3.39. The number of fused-ring (bicyclic) bond motifs is 1. The first kappa shape index (κ1) is 19.4. The summed E-state index contributed by atoms with van der Waals surface area (Å²) in [6, 6.07) is 20.6. The summed E-state index contributed by atoms with van der Waals surface area (Å²) in [5, 5.41) is 11.2. The molecule has 0 aliphatic rings. The van der Waals surface area contributed by atoms with Gasteiger partial charge in [-0.3, -0.25) is 4.79 Å². The lowest BCUT2D eigenvalue weighted by Crippen LogP contribution is -2.00. The van der Waals surface area contributed by atoms with E-state index in [4.69, 9.17) is 27.9 Å². The highest BCUT2D eigenvalue weighted by Gasteiger charge is 2.11. The molecule has 146 valence electrons. The van der Waals surface area contributed by atoms with Crippen molar-refractivity contribution in [2.75, 3.05) is 0 Å². The predicted octanol–water partition coefficient (Wildman–Crippen LogP) is 6.42. The highest BCUT2D eigenvalue weighted by molar-refractivity contribution is 6.34. The van der Waals surface area contributed by atoms with Crippen molar-refractivity contribution < 1.29 is 14.6 Å². The third kappa shape index (κ3) is 4.56. The van der Waals surface area contributed by atoms with Gasteiger partial charge in [-0.2, -0.15) is 0 Å². The van der Waals surface area contributed by atoms with Gasteiger partial charge in [0.1, 0.15) is 11.5 Å². The molecule has 0 amide bonds. The van der Waals surface area contributed by atoms with Crippen LogP contribution in [0.4, 0.5) is 0 Å². The van der Waals surface area contributed by atoms with E-state index in [1.807, 2.05) is 54.7 Å². The SMILES string of the molecule is O=C(O)Cc1cn(Cc2cccc(Oc3cc(Cl)cc(Cl)c3)c2)c2ccccc12. The van der Waals surface area contributed by atoms with Crippen molar-refractivity contribution in [2.45, 2.75) is 13.0 Å². The quantitative estimate of drug-likeness (QED) is 0.387. The third-order valence-electron chi connectivity index (χ3n) is 4.54. The van der Waals surface area contributed by atoms with Gasteiger partial charge in [0.15, 0.2) is 0 Å². The molecule has 0 spiro atoms. The molecule has 0 radical (unpaired) electrons. The number of aromatic nitrogens is 1. The zero-order chi connectivity index (χ0) is 20.4. The minimum absolute atomic E-state index is 0.00775. The molecule has 4 aromatic rings. The number of para-hydroxylation sites is 1. The smallest absolute Gasteiger partial charge is 0.307 e. The number of rotatable bonds is 6. The van der Waals surface area contributed by atoms with Gasteiger partial charge in [-0.05, 0) is 47.5 Å². The van der Waals surface area contributed by atoms with E-state index in [1.165, 1.54) is 0 Å². The number of nitrogens with zero attached hydrogens (tertiary/aromatic N) is 1. The number of carboxylic acids is 1. The number of carbonyl (C=O) groups is 1. The van der Waals surface area contributed by atoms with Gasteiger partial charge in [-0.15, -0.1) is 0 Å². The van der Waals surface area contributed by atoms with Crippen molar-refractivity contribution in [3.63, 3.8) is 0 Å². The van der Waals surface area contributed by atoms with Crippen LogP contribution in [-0.2, 0) is 17.8 Å². The van der Waals surface area contributed by atoms with Gasteiger partial charge in [0.2, 0.25) is 0 Å². The van der Waals surface area contributed by atoms with Gasteiger partial charge in [0, 0.05) is 33.7 Å². The van der Waals surface area contributed by atoms with E-state index < -0.39 is 5.97 Å². The van der Waals surface area contributed by atoms with Crippen LogP contribution in [0.5, 0.6) is 11.5 Å². The number of hydrogen-bond donors (Lipinski definition) is 1. The maximum Gasteiger partial charge on any atom is 0.307 e. The average Bonchev–Trinajstić information content (AvgIpc) is 2.98. The van der Waals surface area contributed by atoms with Gasteiger partial charge in [0.25, 0.3) is 0 Å². The molecule has 0 atom stereocenters. The van der Waals surface area contributed by atoms with E-state index in [-0.39, 0.29) is 6.42 Å². The topological polar surface area (TPSA) is 51.5 Å². The van der Waals surface area contributed by atoms with Crippen LogP contribution in [0, 0.1) is 0 Å². The number of carboxylic acid groups (broad SMARTS) is 1. The van der Waals surface area contributed by atoms with Gasteiger partial charge < -0.3 is 14.4 Å². The van der Waals surface area contributed by atoms with Crippen LogP contribution in [0.1, 0.15) is 11.1 Å². The van der Waals surface area contributed by atoms with Crippen molar-refractivity contribution in [2.24, 2.45) is 0 Å². The second kappa shape index (κ2) is 8.19. The van der Waals surface area contributed by atoms with Crippen LogP contribution in [0.15, 0.2) is 72.9 Å². The van der Waals surface area contributed by atoms with E-state index in [9.17, 15) is 9.90 Å². The first-order valence-electron chi connectivity index (χ1n) is 8.99. The summed E-state index contributed by atoms with van der Waals surface area (Å²) in [7, 11) is 0. The molecule has 0 saturated heterocycles. The van der Waals surface area contributed by atoms with Crippen molar-refractivity contribution in [1.82, 2.24) is 4.57 Å². The molecule has 3 aromatic carbocycles. The normalized spacial score (nSPS) is 11.0. The van der Waals surface area contributed by atoms with Crippen molar-refractivity contribution in [3.8, 4) is 11.5 Å². The van der Waals surface area contributed by atoms with Gasteiger partial charge in [-0.1, -0.05) is 53.5 Å². The molecule has 0 bridgehead atoms. The summed E-state index contributed by atoms with van der Waals surface area (Å²) in [4.78, 5) is 11.2. The highest BCUT2D eigenvalue weighted by Crippen LogP contribution is 2.29. The summed E-state index contributed by atoms with van der Waals surface area (Å²) < 4.78 is 7.97. The molecular weight excluding hydrogens is 409 g/mol. The summed E-state index contributed by atoms with van der Waals surface area (Å²) in [5.74, 6) is 0.390. The van der Waals surface area contributed by atoms with Gasteiger partial charge in [0.05, 0.1) is 6.42 Å². The fourth-order valence-corrected chi connectivity index (χ4v) is 3.89. The Kier molecular flexibility index (Phi) is 5.47. The molecule has 0 unspecified atom stereocenters. The predicted molar refractivity (Wildman–Crippen MR) is 115 cm³/mol. The van der Waals surface area contributed by atoms with Gasteiger partial charge in [-0.25, -0.2) is 0 Å². The second-order valence-electron chi connectivity index (χ2n) is 6.72. The van der Waals surface area contributed by atoms with Crippen LogP contribution >= 0.6 is 23.2 Å². The number of ether oxygens (including phenoxy) is 1. The molecule has 1 aromatic heterocycles. The van der Waals surface area contributed by atoms with Crippen LogP contribution in [-0.4, -0.2) is 15.6 Å². The molecule has 6 heteroatoms. The van der Waals surface area contributed by atoms with Crippen LogP contribution in [0.25, 0.3) is 10.9 Å². The zero-order valence-electron chi connectivity index (χ0n) is 15.3. The molecule has 1 N–H and O–H groups in total. The Bertz CT molecular complexity index is 1180. The first-order chi connectivity index (χ1) is 14.0. The third-order valence-corrected chi connectivity index (χ3v) is 4.97. The zero-order valence-corrected chi connectivity index (χ0v) is 16.8. The Balaban J connectivity index is 1.62.